The second-order valence-electron chi connectivity index (χ2n) is 33.6. The quantitative estimate of drug-likeness (QED) is 0.110. The molecule has 0 radical (unpaired) electrons. The Hall–Kier alpha value is -6.26. The molecule has 0 aromatic carbocycles. The first-order valence-electron chi connectivity index (χ1n) is 39.7. The maximum absolute atomic E-state index is 15.9. The van der Waals surface area contributed by atoms with Crippen molar-refractivity contribution >= 4 is 94.1 Å². The number of fused-ring (bicyclic) bond motifs is 3. The maximum Gasteiger partial charge on any atom is 0.248 e. The molecule has 2 bridgehead atoms. The SMILES string of the molecule is CCC(CC)[C@H]1C(=O)N(C)[C@H](C(=O)N(C)C)CC(=O)N(C)[C@@H](COC)C(=O)N[C@@H]([C@@H](C)CC)C(=O)N(C2CC2)CC(=O)N(C)[C@H]2C/C=C\CCN(C2=O)[C@@H](CC2CCC(F)(F)CC2)C(=O)N(C)CC(=O)N[C@@H](CCC2CCC(Cl)C(Cl)C2)C(=O)N2C[C@H](OC3CCCC3)C[C@H]2C(=O)NC2(CC(C)(C)C2)C(=O)N1C. The van der Waals surface area contributed by atoms with Crippen LogP contribution in [-0.2, 0) is 67.0 Å². The summed E-state index contributed by atoms with van der Waals surface area (Å²) in [6, 6.07) is -11.0. The second-order valence-corrected chi connectivity index (χ2v) is 34.7. The van der Waals surface area contributed by atoms with Crippen molar-refractivity contribution in [3.05, 3.63) is 12.2 Å². The topological polar surface area (TPSA) is 289 Å². The van der Waals surface area contributed by atoms with Gasteiger partial charge in [0.2, 0.25) is 76.8 Å². The molecule has 3 aliphatic heterocycles. The number of nitrogens with zero attached hydrogens (tertiary/aromatic N) is 9. The van der Waals surface area contributed by atoms with Crippen LogP contribution in [0.5, 0.6) is 0 Å². The summed E-state index contributed by atoms with van der Waals surface area (Å²) >= 11 is 13.4. The van der Waals surface area contributed by atoms with E-state index in [2.05, 4.69) is 16.0 Å². The van der Waals surface area contributed by atoms with Gasteiger partial charge in [-0.1, -0.05) is 85.8 Å². The Balaban J connectivity index is 1.22. The first-order chi connectivity index (χ1) is 50.9. The van der Waals surface area contributed by atoms with E-state index in [-0.39, 0.29) is 100 Å². The van der Waals surface area contributed by atoms with Gasteiger partial charge in [-0.2, -0.15) is 0 Å². The van der Waals surface area contributed by atoms with Crippen LogP contribution in [0.2, 0.25) is 0 Å². The number of methoxy groups -OCH3 is 1. The van der Waals surface area contributed by atoms with Gasteiger partial charge in [-0.25, -0.2) is 8.78 Å². The molecular formula is C78H124Cl2F2N12O14. The van der Waals surface area contributed by atoms with Gasteiger partial charge in [0, 0.05) is 100 Å². The number of amides is 12. The molecule has 8 aliphatic rings. The molecular weight excluding hydrogens is 1440 g/mol. The summed E-state index contributed by atoms with van der Waals surface area (Å²) in [6.45, 7) is 9.61. The lowest BCUT2D eigenvalue weighted by molar-refractivity contribution is -0.161. The lowest BCUT2D eigenvalue weighted by atomic mass is 9.58. The third-order valence-electron chi connectivity index (χ3n) is 24.7. The molecule has 0 aromatic rings. The van der Waals surface area contributed by atoms with Crippen LogP contribution in [-0.4, -0.2) is 293 Å². The van der Waals surface area contributed by atoms with Crippen LogP contribution >= 0.6 is 23.2 Å². The molecule has 8 rings (SSSR count). The fourth-order valence-electron chi connectivity index (χ4n) is 17.8. The first kappa shape index (κ1) is 87.3. The number of ether oxygens (including phenoxy) is 2. The Labute approximate surface area is 648 Å². The number of carbonyl (C=O) groups excluding carboxylic acids is 12. The summed E-state index contributed by atoms with van der Waals surface area (Å²) in [4.78, 5) is 195. The van der Waals surface area contributed by atoms with Gasteiger partial charge in [0.1, 0.15) is 60.4 Å². The largest absolute Gasteiger partial charge is 0.382 e. The zero-order chi connectivity index (χ0) is 79.6. The van der Waals surface area contributed by atoms with E-state index in [1.807, 2.05) is 40.7 Å². The zero-order valence-electron chi connectivity index (χ0n) is 66.4. The first-order valence-corrected chi connectivity index (χ1v) is 40.6. The van der Waals surface area contributed by atoms with Crippen LogP contribution < -0.4 is 16.0 Å². The Morgan fingerprint density at radius 2 is 1.31 bits per heavy atom. The number of likely N-dealkylation sites (N-methyl/N-ethyl adjacent to an activating group) is 6. The summed E-state index contributed by atoms with van der Waals surface area (Å²) in [7, 11) is 11.3. The molecule has 30 heteroatoms. The van der Waals surface area contributed by atoms with Crippen LogP contribution in [0, 0.1) is 29.1 Å². The monoisotopic (exact) mass is 1560 g/mol. The third kappa shape index (κ3) is 21.3. The fourth-order valence-corrected chi connectivity index (χ4v) is 18.4. The zero-order valence-corrected chi connectivity index (χ0v) is 67.9. The predicted molar refractivity (Wildman–Crippen MR) is 404 cm³/mol. The Morgan fingerprint density at radius 3 is 1.91 bits per heavy atom. The minimum atomic E-state index is -2.93. The summed E-state index contributed by atoms with van der Waals surface area (Å²) < 4.78 is 42.1. The smallest absolute Gasteiger partial charge is 0.248 e. The second kappa shape index (κ2) is 37.8. The van der Waals surface area contributed by atoms with E-state index >= 15 is 38.4 Å². The predicted octanol–water partition coefficient (Wildman–Crippen LogP) is 6.50. The van der Waals surface area contributed by atoms with Gasteiger partial charge < -0.3 is 69.5 Å². The van der Waals surface area contributed by atoms with Gasteiger partial charge in [-0.05, 0) is 132 Å². The molecule has 3 unspecified atom stereocenters. The standard InChI is InChI=1S/C78H124Cl2F2N12O14/c1-15-47(4)65-73(104)93(51-28-29-51)43-64(97)88(10)57-25-19-18-22-36-92(72(57)103)60(38-49-32-34-78(81,82)35-33-49)71(102)87(9)42-62(95)83-56(31-27-48-26-30-54(79)55(80)37-48)69(100)94-41-53(108-52-23-20-21-24-52)39-58(94)68(99)85-77(45-76(5,6)46-77)75(106)91(13)66(50(16-2)17-3)74(105)90(12)59(70(101)86(7)8)40-63(96)89(11)61(44-107-14)67(98)84-65/h18-19,47-61,65-66H,15-17,20-46H2,1-14H3,(H,83,95)(H,84,98)(H,85,99)/b19-18-/t47-,48?,53+,54?,55?,56-,57-,58-,59-,60-,61-,65-,66-/m0/s1. The van der Waals surface area contributed by atoms with Gasteiger partial charge >= 0.3 is 0 Å². The summed E-state index contributed by atoms with van der Waals surface area (Å²) in [6.07, 6.45) is 9.74. The highest BCUT2D eigenvalue weighted by Gasteiger charge is 2.59. The molecule has 108 heavy (non-hydrogen) atoms. The van der Waals surface area contributed by atoms with Crippen molar-refractivity contribution in [3.8, 4) is 0 Å². The lowest BCUT2D eigenvalue weighted by Gasteiger charge is -2.54. The van der Waals surface area contributed by atoms with E-state index in [0.29, 0.717) is 57.8 Å². The number of hydrogen-bond acceptors (Lipinski definition) is 14. The van der Waals surface area contributed by atoms with Gasteiger partial charge in [0.15, 0.2) is 0 Å². The molecule has 5 aliphatic carbocycles. The van der Waals surface area contributed by atoms with E-state index in [1.54, 1.807) is 13.0 Å². The summed E-state index contributed by atoms with van der Waals surface area (Å²) in [5.74, 6) is -12.5. The van der Waals surface area contributed by atoms with Crippen molar-refractivity contribution in [1.82, 2.24) is 60.0 Å². The van der Waals surface area contributed by atoms with E-state index in [4.69, 9.17) is 32.7 Å². The average Bonchev–Trinajstić information content (AvgIpc) is 0.743. The van der Waals surface area contributed by atoms with Crippen molar-refractivity contribution in [2.45, 2.75) is 291 Å². The van der Waals surface area contributed by atoms with E-state index in [1.165, 1.54) is 85.8 Å². The molecule has 2 saturated heterocycles. The number of rotatable bonds is 16. The Kier molecular flexibility index (Phi) is 30.6. The number of alkyl halides is 4. The van der Waals surface area contributed by atoms with Crippen LogP contribution in [0.4, 0.5) is 8.78 Å². The van der Waals surface area contributed by atoms with E-state index < -0.39 is 198 Å². The van der Waals surface area contributed by atoms with Crippen LogP contribution in [0.1, 0.15) is 202 Å². The van der Waals surface area contributed by atoms with Crippen molar-refractivity contribution in [3.63, 3.8) is 0 Å². The number of hydrogen-bond donors (Lipinski definition) is 3. The fraction of sp³-hybridized carbons (Fsp3) is 0.821. The highest BCUT2D eigenvalue weighted by molar-refractivity contribution is 6.30. The van der Waals surface area contributed by atoms with Crippen LogP contribution in [0.25, 0.3) is 0 Å². The number of carbonyl (C=O) groups is 12. The molecule has 1 spiro atoms. The van der Waals surface area contributed by atoms with Crippen LogP contribution in [0.15, 0.2) is 12.2 Å². The van der Waals surface area contributed by atoms with E-state index in [9.17, 15) is 28.0 Å². The van der Waals surface area contributed by atoms with Crippen LogP contribution in [0.3, 0.4) is 0 Å². The summed E-state index contributed by atoms with van der Waals surface area (Å²) in [5.41, 5.74) is -2.15. The highest BCUT2D eigenvalue weighted by atomic mass is 35.5. The molecule has 0 aromatic heterocycles. The molecule has 13 atom stereocenters. The summed E-state index contributed by atoms with van der Waals surface area (Å²) in [5, 5.41) is 8.38. The minimum absolute atomic E-state index is 0.00639. The average molecular weight is 1560 g/mol. The van der Waals surface area contributed by atoms with Crippen molar-refractivity contribution in [2.75, 3.05) is 89.2 Å². The third-order valence-corrected chi connectivity index (χ3v) is 25.8. The Morgan fingerprint density at radius 1 is 0.657 bits per heavy atom. The van der Waals surface area contributed by atoms with Gasteiger partial charge in [-0.15, -0.1) is 23.2 Å². The van der Waals surface area contributed by atoms with Gasteiger partial charge in [-0.3, -0.25) is 57.5 Å². The lowest BCUT2D eigenvalue weighted by Crippen LogP contribution is -2.71. The normalized spacial score (nSPS) is 31.5. The maximum atomic E-state index is 15.9. The van der Waals surface area contributed by atoms with Gasteiger partial charge in [0.05, 0.1) is 37.2 Å². The van der Waals surface area contributed by atoms with Crippen molar-refractivity contribution < 1.29 is 75.8 Å². The highest BCUT2D eigenvalue weighted by Crippen LogP contribution is 2.50. The van der Waals surface area contributed by atoms with Crippen molar-refractivity contribution in [1.29, 1.82) is 0 Å². The molecule has 5 saturated carbocycles. The molecule has 26 nitrogen and oxygen atoms in total. The number of nitrogens with one attached hydrogen (secondary N) is 3. The van der Waals surface area contributed by atoms with Gasteiger partial charge in [0.25, 0.3) is 0 Å². The molecule has 3 heterocycles. The molecule has 12 amide bonds. The molecule has 7 fully saturated rings. The Bertz CT molecular complexity index is 3250. The number of halogens is 4. The van der Waals surface area contributed by atoms with E-state index in [0.717, 1.165) is 40.4 Å². The molecule has 3 N–H and O–H groups in total. The molecule has 608 valence electrons. The van der Waals surface area contributed by atoms with Crippen molar-refractivity contribution in [2.24, 2.45) is 29.1 Å². The minimum Gasteiger partial charge on any atom is -0.382 e.